The fraction of sp³-hybridized carbons (Fsp3) is 0.229. The van der Waals surface area contributed by atoms with Crippen molar-refractivity contribution in [2.75, 3.05) is 5.32 Å². The van der Waals surface area contributed by atoms with E-state index in [0.717, 1.165) is 16.7 Å². The van der Waals surface area contributed by atoms with Crippen molar-refractivity contribution >= 4 is 23.7 Å². The van der Waals surface area contributed by atoms with E-state index in [1.54, 1.807) is 57.2 Å². The van der Waals surface area contributed by atoms with Crippen molar-refractivity contribution in [3.8, 4) is 34.2 Å². The summed E-state index contributed by atoms with van der Waals surface area (Å²) >= 11 is 0. The highest BCUT2D eigenvalue weighted by Crippen LogP contribution is 2.26. The first-order valence-corrected chi connectivity index (χ1v) is 14.6. The fourth-order valence-corrected chi connectivity index (χ4v) is 4.68. The number of aromatic nitrogens is 2. The van der Waals surface area contributed by atoms with E-state index in [9.17, 15) is 19.5 Å². The topological polar surface area (TPSA) is 157 Å². The van der Waals surface area contributed by atoms with E-state index in [0.29, 0.717) is 34.0 Å². The molecule has 3 aromatic carbocycles. The molecule has 0 spiro atoms. The summed E-state index contributed by atoms with van der Waals surface area (Å²) in [6.45, 7) is 9.20. The van der Waals surface area contributed by atoms with E-state index in [1.807, 2.05) is 50.2 Å². The third kappa shape index (κ3) is 8.06. The van der Waals surface area contributed by atoms with Gasteiger partial charge in [-0.05, 0) is 88.7 Å². The van der Waals surface area contributed by atoms with Crippen molar-refractivity contribution < 1.29 is 33.2 Å². The van der Waals surface area contributed by atoms with Crippen LogP contribution in [0.15, 0.2) is 87.8 Å². The minimum absolute atomic E-state index is 0.0120. The molecule has 11 nitrogen and oxygen atoms in total. The monoisotopic (exact) mass is 622 g/mol. The Kier molecular flexibility index (Phi) is 9.04. The quantitative estimate of drug-likeness (QED) is 0.157. The molecule has 2 heterocycles. The molecule has 0 saturated carbocycles. The van der Waals surface area contributed by atoms with E-state index in [4.69, 9.17) is 13.7 Å². The minimum atomic E-state index is -1.22. The number of benzene rings is 3. The number of carboxylic acids is 1. The van der Waals surface area contributed by atoms with Crippen LogP contribution < -0.4 is 10.6 Å². The number of nitrogens with zero attached hydrogens (tertiary/aromatic N) is 2. The Balaban J connectivity index is 1.27. The Hall–Kier alpha value is -5.71. The lowest BCUT2D eigenvalue weighted by Crippen LogP contribution is -2.42. The van der Waals surface area contributed by atoms with E-state index in [1.165, 1.54) is 6.07 Å². The van der Waals surface area contributed by atoms with Gasteiger partial charge in [-0.2, -0.15) is 4.98 Å². The van der Waals surface area contributed by atoms with Crippen LogP contribution in [0.2, 0.25) is 0 Å². The van der Waals surface area contributed by atoms with Gasteiger partial charge in [-0.3, -0.25) is 10.1 Å². The minimum Gasteiger partial charge on any atom is -0.480 e. The number of anilines is 1. The zero-order valence-electron chi connectivity index (χ0n) is 26.1. The summed E-state index contributed by atoms with van der Waals surface area (Å²) in [5, 5.41) is 19.3. The second-order valence-electron chi connectivity index (χ2n) is 11.9. The van der Waals surface area contributed by atoms with E-state index in [2.05, 4.69) is 20.8 Å². The molecule has 3 N–H and O–H groups in total. The molecule has 0 bridgehead atoms. The number of aliphatic carboxylic acids is 1. The van der Waals surface area contributed by atoms with Gasteiger partial charge in [-0.25, -0.2) is 9.59 Å². The van der Waals surface area contributed by atoms with Crippen LogP contribution in [-0.4, -0.2) is 44.9 Å². The Morgan fingerprint density at radius 2 is 1.57 bits per heavy atom. The predicted molar refractivity (Wildman–Crippen MR) is 171 cm³/mol. The molecule has 11 heteroatoms. The van der Waals surface area contributed by atoms with Crippen LogP contribution in [0.25, 0.3) is 34.2 Å². The van der Waals surface area contributed by atoms with E-state index >= 15 is 0 Å². The molecule has 0 aliphatic carbocycles. The first kappa shape index (κ1) is 31.7. The molecule has 2 aromatic heterocycles. The number of amides is 2. The van der Waals surface area contributed by atoms with Gasteiger partial charge in [0.05, 0.1) is 0 Å². The molecule has 236 valence electrons. The Morgan fingerprint density at radius 3 is 2.24 bits per heavy atom. The SMILES string of the molecule is Cc1ccc(-c2ccc(C(=O)N[C@H](Cc3cc(C)cc(-c4noc(-c5ccc(NC(=O)OC(C)(C)C)cc5)n4)c3)C(=O)O)o2)cc1. The Bertz CT molecular complexity index is 1870. The summed E-state index contributed by atoms with van der Waals surface area (Å²) in [5.41, 5.74) is 4.60. The molecular formula is C35H34N4O7. The van der Waals surface area contributed by atoms with Crippen molar-refractivity contribution in [2.24, 2.45) is 0 Å². The molecule has 0 saturated heterocycles. The number of furan rings is 1. The summed E-state index contributed by atoms with van der Waals surface area (Å²) in [5.74, 6) is -0.720. The van der Waals surface area contributed by atoms with Crippen molar-refractivity contribution in [2.45, 2.75) is 52.7 Å². The summed E-state index contributed by atoms with van der Waals surface area (Å²) < 4.78 is 16.5. The maximum absolute atomic E-state index is 12.9. The number of aryl methyl sites for hydroxylation is 2. The fourth-order valence-electron chi connectivity index (χ4n) is 4.68. The highest BCUT2D eigenvalue weighted by atomic mass is 16.6. The number of carboxylic acid groups (broad SMARTS) is 1. The van der Waals surface area contributed by atoms with Crippen molar-refractivity contribution in [1.29, 1.82) is 0 Å². The maximum atomic E-state index is 12.9. The van der Waals surface area contributed by atoms with Crippen LogP contribution in [0.1, 0.15) is 48.0 Å². The third-order valence-electron chi connectivity index (χ3n) is 6.81. The highest BCUT2D eigenvalue weighted by molar-refractivity contribution is 5.95. The third-order valence-corrected chi connectivity index (χ3v) is 6.81. The second kappa shape index (κ2) is 13.1. The molecule has 0 fully saturated rings. The number of hydrogen-bond acceptors (Lipinski definition) is 8. The van der Waals surface area contributed by atoms with Crippen molar-refractivity contribution in [3.63, 3.8) is 0 Å². The first-order valence-electron chi connectivity index (χ1n) is 14.6. The number of hydrogen-bond donors (Lipinski definition) is 3. The zero-order chi connectivity index (χ0) is 33.0. The summed E-state index contributed by atoms with van der Waals surface area (Å²) in [6.07, 6.45) is -0.550. The van der Waals surface area contributed by atoms with Gasteiger partial charge < -0.3 is 24.1 Å². The van der Waals surface area contributed by atoms with Gasteiger partial charge in [0.15, 0.2) is 5.76 Å². The van der Waals surface area contributed by atoms with Crippen LogP contribution in [0.3, 0.4) is 0 Å². The number of ether oxygens (including phenoxy) is 1. The zero-order valence-corrected chi connectivity index (χ0v) is 26.1. The first-order chi connectivity index (χ1) is 21.8. The van der Waals surface area contributed by atoms with Crippen LogP contribution in [-0.2, 0) is 16.0 Å². The van der Waals surface area contributed by atoms with Gasteiger partial charge >= 0.3 is 12.1 Å². The van der Waals surface area contributed by atoms with Crippen LogP contribution >= 0.6 is 0 Å². The average molecular weight is 623 g/mol. The number of carbonyl (C=O) groups excluding carboxylic acids is 2. The molecule has 0 unspecified atom stereocenters. The van der Waals surface area contributed by atoms with E-state index < -0.39 is 29.6 Å². The summed E-state index contributed by atoms with van der Waals surface area (Å²) in [7, 11) is 0. The largest absolute Gasteiger partial charge is 0.480 e. The molecule has 5 rings (SSSR count). The normalized spacial score (nSPS) is 11.9. The molecule has 5 aromatic rings. The van der Waals surface area contributed by atoms with Crippen molar-refractivity contribution in [3.05, 3.63) is 101 Å². The molecule has 2 amide bonds. The summed E-state index contributed by atoms with van der Waals surface area (Å²) in [4.78, 5) is 41.7. The van der Waals surface area contributed by atoms with Crippen LogP contribution in [0, 0.1) is 13.8 Å². The maximum Gasteiger partial charge on any atom is 0.412 e. The average Bonchev–Trinajstić information content (AvgIpc) is 3.67. The molecule has 46 heavy (non-hydrogen) atoms. The van der Waals surface area contributed by atoms with Gasteiger partial charge in [0, 0.05) is 28.8 Å². The van der Waals surface area contributed by atoms with Crippen LogP contribution in [0.5, 0.6) is 0 Å². The Morgan fingerprint density at radius 1 is 0.870 bits per heavy atom. The Labute approximate surface area is 265 Å². The highest BCUT2D eigenvalue weighted by Gasteiger charge is 2.24. The number of rotatable bonds is 9. The molecular weight excluding hydrogens is 588 g/mol. The van der Waals surface area contributed by atoms with Gasteiger partial charge in [0.2, 0.25) is 5.82 Å². The predicted octanol–water partition coefficient (Wildman–Crippen LogP) is 7.05. The smallest absolute Gasteiger partial charge is 0.412 e. The van der Waals surface area contributed by atoms with Gasteiger partial charge in [-0.15, -0.1) is 0 Å². The lowest BCUT2D eigenvalue weighted by molar-refractivity contribution is -0.139. The van der Waals surface area contributed by atoms with Crippen LogP contribution in [0.4, 0.5) is 10.5 Å². The second-order valence-corrected chi connectivity index (χ2v) is 11.9. The molecule has 1 atom stereocenters. The number of nitrogens with one attached hydrogen (secondary N) is 2. The molecule has 0 aliphatic heterocycles. The van der Waals surface area contributed by atoms with E-state index in [-0.39, 0.29) is 18.1 Å². The standard InChI is InChI=1S/C35H34N4O7/c1-20-6-8-23(9-7-20)28-14-15-29(44-28)31(40)37-27(33(41)42)19-22-16-21(2)17-25(18-22)30-38-32(46-39-30)24-10-12-26(13-11-24)36-34(43)45-35(3,4)5/h6-18,27H,19H2,1-5H3,(H,36,43)(H,37,40)(H,41,42)/t27-/m1/s1. The van der Waals surface area contributed by atoms with Gasteiger partial charge in [-0.1, -0.05) is 46.6 Å². The lowest BCUT2D eigenvalue weighted by atomic mass is 10.00. The number of carbonyl (C=O) groups is 3. The lowest BCUT2D eigenvalue weighted by Gasteiger charge is -2.19. The van der Waals surface area contributed by atoms with Gasteiger partial charge in [0.1, 0.15) is 17.4 Å². The van der Waals surface area contributed by atoms with Gasteiger partial charge in [0.25, 0.3) is 11.8 Å². The summed E-state index contributed by atoms with van der Waals surface area (Å²) in [6, 6.07) is 21.9. The molecule has 0 aliphatic rings. The van der Waals surface area contributed by atoms with Crippen molar-refractivity contribution in [1.82, 2.24) is 15.5 Å². The molecule has 0 radical (unpaired) electrons.